The third-order valence-electron chi connectivity index (χ3n) is 1.95. The van der Waals surface area contributed by atoms with Crippen LogP contribution >= 0.6 is 0 Å². The Morgan fingerprint density at radius 3 is 2.87 bits per heavy atom. The van der Waals surface area contributed by atoms with Gasteiger partial charge in [0.1, 0.15) is 17.8 Å². The molecule has 1 aromatic carbocycles. The van der Waals surface area contributed by atoms with Crippen LogP contribution in [0, 0.1) is 0 Å². The van der Waals surface area contributed by atoms with Crippen molar-refractivity contribution >= 4 is 5.69 Å². The molecule has 0 saturated heterocycles. The zero-order valence-electron chi connectivity index (χ0n) is 7.79. The average molecular weight is 203 g/mol. The highest BCUT2D eigenvalue weighted by atomic mass is 16.3. The van der Waals surface area contributed by atoms with Crippen molar-refractivity contribution in [2.45, 2.75) is 0 Å². The molecule has 15 heavy (non-hydrogen) atoms. The summed E-state index contributed by atoms with van der Waals surface area (Å²) in [5, 5.41) is 9.27. The van der Waals surface area contributed by atoms with Gasteiger partial charge < -0.3 is 15.4 Å². The Balaban J connectivity index is 2.55. The van der Waals surface area contributed by atoms with Crippen LogP contribution in [0.5, 0.6) is 5.75 Å². The lowest BCUT2D eigenvalue weighted by atomic mass is 10.3. The molecule has 0 aliphatic rings. The summed E-state index contributed by atoms with van der Waals surface area (Å²) in [4.78, 5) is 14.6. The van der Waals surface area contributed by atoms with Crippen LogP contribution in [0.25, 0.3) is 5.69 Å². The van der Waals surface area contributed by atoms with Crippen LogP contribution in [-0.4, -0.2) is 14.7 Å². The summed E-state index contributed by atoms with van der Waals surface area (Å²) in [6.45, 7) is 0. The first-order valence-corrected chi connectivity index (χ1v) is 4.30. The van der Waals surface area contributed by atoms with Gasteiger partial charge in [-0.15, -0.1) is 0 Å². The van der Waals surface area contributed by atoms with Crippen LogP contribution < -0.4 is 11.3 Å². The number of nitrogens with two attached hydrogens (primary N) is 1. The fraction of sp³-hybridized carbons (Fsp3) is 0. The molecule has 0 atom stereocenters. The van der Waals surface area contributed by atoms with Crippen molar-refractivity contribution in [3.05, 3.63) is 47.1 Å². The maximum atomic E-state index is 11.0. The van der Waals surface area contributed by atoms with Gasteiger partial charge in [-0.25, -0.2) is 0 Å². The molecule has 2 rings (SSSR count). The minimum Gasteiger partial charge on any atom is -0.508 e. The minimum absolute atomic E-state index is 0.0702. The monoisotopic (exact) mass is 203 g/mol. The summed E-state index contributed by atoms with van der Waals surface area (Å²) in [5.41, 5.74) is 5.74. The van der Waals surface area contributed by atoms with E-state index in [4.69, 9.17) is 5.73 Å². The first-order valence-electron chi connectivity index (χ1n) is 4.30. The molecule has 3 N–H and O–H groups in total. The molecule has 0 fully saturated rings. The van der Waals surface area contributed by atoms with Gasteiger partial charge >= 0.3 is 0 Å². The van der Waals surface area contributed by atoms with Gasteiger partial charge in [-0.2, -0.15) is 4.98 Å². The van der Waals surface area contributed by atoms with E-state index in [9.17, 15) is 9.90 Å². The number of rotatable bonds is 1. The predicted molar refractivity (Wildman–Crippen MR) is 55.9 cm³/mol. The number of aromatic hydroxyl groups is 1. The summed E-state index contributed by atoms with van der Waals surface area (Å²) < 4.78 is 1.57. The quantitative estimate of drug-likeness (QED) is 0.708. The van der Waals surface area contributed by atoms with Gasteiger partial charge in [0, 0.05) is 12.3 Å². The number of benzene rings is 1. The summed E-state index contributed by atoms with van der Waals surface area (Å²) in [6, 6.07) is 6.57. The molecule has 0 aliphatic heterocycles. The van der Waals surface area contributed by atoms with Crippen molar-refractivity contribution in [3.8, 4) is 11.4 Å². The van der Waals surface area contributed by atoms with Gasteiger partial charge in [0.15, 0.2) is 0 Å². The van der Waals surface area contributed by atoms with Crippen molar-refractivity contribution in [1.82, 2.24) is 9.55 Å². The third kappa shape index (κ3) is 1.80. The van der Waals surface area contributed by atoms with E-state index in [1.54, 1.807) is 28.8 Å². The number of phenolic OH excluding ortho intramolecular Hbond substituents is 1. The molecule has 2 aromatic rings. The normalized spacial score (nSPS) is 10.1. The molecule has 1 aromatic heterocycles. The lowest BCUT2D eigenvalue weighted by molar-refractivity contribution is 0.475. The van der Waals surface area contributed by atoms with Gasteiger partial charge in [0.05, 0.1) is 5.69 Å². The van der Waals surface area contributed by atoms with Crippen LogP contribution in [0.1, 0.15) is 0 Å². The van der Waals surface area contributed by atoms with Crippen molar-refractivity contribution in [1.29, 1.82) is 0 Å². The molecule has 76 valence electrons. The van der Waals surface area contributed by atoms with E-state index in [1.165, 1.54) is 12.5 Å². The van der Waals surface area contributed by atoms with E-state index in [0.29, 0.717) is 5.69 Å². The second-order valence-electron chi connectivity index (χ2n) is 3.06. The highest BCUT2D eigenvalue weighted by Gasteiger charge is 1.99. The lowest BCUT2D eigenvalue weighted by Gasteiger charge is -2.05. The molecular weight excluding hydrogens is 194 g/mol. The summed E-state index contributed by atoms with van der Waals surface area (Å²) >= 11 is 0. The fourth-order valence-electron chi connectivity index (χ4n) is 1.22. The molecule has 0 radical (unpaired) electrons. The Morgan fingerprint density at radius 1 is 1.40 bits per heavy atom. The maximum Gasteiger partial charge on any atom is 0.295 e. The number of hydrogen-bond acceptors (Lipinski definition) is 4. The van der Waals surface area contributed by atoms with Gasteiger partial charge in [-0.1, -0.05) is 6.07 Å². The Kier molecular flexibility index (Phi) is 2.13. The number of aromatic nitrogens is 2. The number of hydrogen-bond donors (Lipinski definition) is 2. The Morgan fingerprint density at radius 2 is 2.20 bits per heavy atom. The van der Waals surface area contributed by atoms with Gasteiger partial charge in [-0.3, -0.25) is 4.79 Å². The van der Waals surface area contributed by atoms with Crippen LogP contribution in [0.4, 0.5) is 5.69 Å². The summed E-state index contributed by atoms with van der Waals surface area (Å²) in [7, 11) is 0. The summed E-state index contributed by atoms with van der Waals surface area (Å²) in [5.74, 6) is 0.143. The fourth-order valence-corrected chi connectivity index (χ4v) is 1.22. The molecule has 5 nitrogen and oxygen atoms in total. The molecule has 0 amide bonds. The lowest BCUT2D eigenvalue weighted by Crippen LogP contribution is -2.14. The predicted octanol–water partition coefficient (Wildman–Crippen LogP) is 0.520. The Labute approximate surface area is 85.4 Å². The second kappa shape index (κ2) is 3.45. The Bertz CT molecular complexity index is 548. The number of nitrogens with zero attached hydrogens (tertiary/aromatic N) is 2. The zero-order chi connectivity index (χ0) is 10.8. The molecule has 1 heterocycles. The van der Waals surface area contributed by atoms with Crippen molar-refractivity contribution in [2.75, 3.05) is 5.73 Å². The maximum absolute atomic E-state index is 11.0. The second-order valence-corrected chi connectivity index (χ2v) is 3.06. The van der Waals surface area contributed by atoms with Crippen molar-refractivity contribution in [3.63, 3.8) is 0 Å². The van der Waals surface area contributed by atoms with Crippen LogP contribution in [0.15, 0.2) is 41.6 Å². The highest BCUT2D eigenvalue weighted by molar-refractivity contribution is 5.41. The van der Waals surface area contributed by atoms with E-state index in [2.05, 4.69) is 4.98 Å². The Hall–Kier alpha value is -2.30. The highest BCUT2D eigenvalue weighted by Crippen LogP contribution is 2.14. The molecule has 0 unspecified atom stereocenters. The van der Waals surface area contributed by atoms with E-state index < -0.39 is 5.56 Å². The first-order chi connectivity index (χ1) is 7.16. The van der Waals surface area contributed by atoms with Gasteiger partial charge in [0.2, 0.25) is 0 Å². The third-order valence-corrected chi connectivity index (χ3v) is 1.95. The molecule has 5 heteroatoms. The van der Waals surface area contributed by atoms with Crippen LogP contribution in [0.3, 0.4) is 0 Å². The number of anilines is 1. The smallest absolute Gasteiger partial charge is 0.295 e. The van der Waals surface area contributed by atoms with Crippen LogP contribution in [0.2, 0.25) is 0 Å². The SMILES string of the molecule is Nc1cn(-c2cccc(O)c2)cnc1=O. The molecule has 0 aliphatic carbocycles. The van der Waals surface area contributed by atoms with Gasteiger partial charge in [-0.05, 0) is 12.1 Å². The van der Waals surface area contributed by atoms with E-state index in [0.717, 1.165) is 0 Å². The largest absolute Gasteiger partial charge is 0.508 e. The summed E-state index contributed by atoms with van der Waals surface area (Å²) in [6.07, 6.45) is 2.82. The minimum atomic E-state index is -0.452. The van der Waals surface area contributed by atoms with Crippen molar-refractivity contribution < 1.29 is 5.11 Å². The standard InChI is InChI=1S/C10H9N3O2/c11-9-5-13(6-12-10(9)15)7-2-1-3-8(14)4-7/h1-6,14H,11H2. The zero-order valence-corrected chi connectivity index (χ0v) is 7.79. The molecule has 0 bridgehead atoms. The topological polar surface area (TPSA) is 81.1 Å². The number of nitrogen functional groups attached to an aromatic ring is 1. The van der Waals surface area contributed by atoms with Crippen LogP contribution in [-0.2, 0) is 0 Å². The molecule has 0 spiro atoms. The van der Waals surface area contributed by atoms with E-state index in [1.807, 2.05) is 0 Å². The van der Waals surface area contributed by atoms with Crippen molar-refractivity contribution in [2.24, 2.45) is 0 Å². The average Bonchev–Trinajstić information content (AvgIpc) is 2.22. The first kappa shape index (κ1) is 9.26. The van der Waals surface area contributed by atoms with Gasteiger partial charge in [0.25, 0.3) is 5.56 Å². The molecular formula is C10H9N3O2. The molecule has 0 saturated carbocycles. The number of phenols is 1. The van der Waals surface area contributed by atoms with E-state index >= 15 is 0 Å². The van der Waals surface area contributed by atoms with E-state index in [-0.39, 0.29) is 11.4 Å².